The number of thiazole rings is 1. The Hall–Kier alpha value is -0.410. The van der Waals surface area contributed by atoms with E-state index in [1.807, 2.05) is 24.5 Å². The van der Waals surface area contributed by atoms with Crippen LogP contribution in [0.25, 0.3) is 0 Å². The van der Waals surface area contributed by atoms with Crippen molar-refractivity contribution in [3.05, 3.63) is 16.1 Å². The molecule has 14 heavy (non-hydrogen) atoms. The van der Waals surface area contributed by atoms with Gasteiger partial charge in [-0.1, -0.05) is 19.3 Å². The molecule has 1 aliphatic carbocycles. The molecule has 1 aromatic rings. The van der Waals surface area contributed by atoms with Gasteiger partial charge in [-0.2, -0.15) is 0 Å². The molecule has 1 atom stereocenters. The highest BCUT2D eigenvalue weighted by molar-refractivity contribution is 7.11. The third kappa shape index (κ3) is 2.15. The molecule has 0 aliphatic heterocycles. The van der Waals surface area contributed by atoms with Crippen molar-refractivity contribution in [2.45, 2.75) is 51.0 Å². The molecule has 0 saturated heterocycles. The lowest BCUT2D eigenvalue weighted by molar-refractivity contribution is 0.442. The summed E-state index contributed by atoms with van der Waals surface area (Å²) in [7, 11) is 0. The van der Waals surface area contributed by atoms with Crippen molar-refractivity contribution in [3.63, 3.8) is 0 Å². The Labute approximate surface area is 89.5 Å². The molecule has 2 nitrogen and oxygen atoms in total. The Morgan fingerprint density at radius 3 is 2.71 bits per heavy atom. The van der Waals surface area contributed by atoms with Gasteiger partial charge < -0.3 is 5.73 Å². The van der Waals surface area contributed by atoms with Crippen LogP contribution in [-0.4, -0.2) is 4.98 Å². The van der Waals surface area contributed by atoms with Crippen LogP contribution in [0.1, 0.15) is 60.9 Å². The quantitative estimate of drug-likeness (QED) is 0.814. The highest BCUT2D eigenvalue weighted by Crippen LogP contribution is 2.35. The van der Waals surface area contributed by atoms with Gasteiger partial charge in [0.2, 0.25) is 0 Å². The summed E-state index contributed by atoms with van der Waals surface area (Å²) in [6.45, 7) is 2.03. The van der Waals surface area contributed by atoms with Crippen LogP contribution in [0.2, 0.25) is 0 Å². The molecule has 1 aromatic heterocycles. The molecule has 2 N–H and O–H groups in total. The van der Waals surface area contributed by atoms with Crippen molar-refractivity contribution >= 4 is 11.3 Å². The van der Waals surface area contributed by atoms with Crippen LogP contribution >= 0.6 is 11.3 Å². The van der Waals surface area contributed by atoms with Crippen LogP contribution in [0.4, 0.5) is 0 Å². The predicted octanol–water partition coefficient (Wildman–Crippen LogP) is 3.21. The fraction of sp³-hybridized carbons (Fsp3) is 0.727. The second kappa shape index (κ2) is 4.41. The first-order valence-corrected chi connectivity index (χ1v) is 6.30. The summed E-state index contributed by atoms with van der Waals surface area (Å²) in [6, 6.07) is 0.143. The molecule has 1 saturated carbocycles. The summed E-state index contributed by atoms with van der Waals surface area (Å²) in [5, 5.41) is 1.32. The van der Waals surface area contributed by atoms with Gasteiger partial charge in [0, 0.05) is 23.0 Å². The molecule has 1 aliphatic rings. The minimum Gasteiger partial charge on any atom is -0.323 e. The van der Waals surface area contributed by atoms with E-state index in [4.69, 9.17) is 5.73 Å². The first-order chi connectivity index (χ1) is 6.77. The minimum atomic E-state index is 0.143. The molecule has 0 spiro atoms. The number of nitrogens with two attached hydrogens (primary N) is 1. The zero-order valence-electron chi connectivity index (χ0n) is 8.70. The topological polar surface area (TPSA) is 38.9 Å². The molecule has 1 fully saturated rings. The van der Waals surface area contributed by atoms with E-state index < -0.39 is 0 Å². The molecule has 1 heterocycles. The molecule has 0 amide bonds. The Bertz CT molecular complexity index is 287. The van der Waals surface area contributed by atoms with Crippen molar-refractivity contribution in [2.75, 3.05) is 0 Å². The van der Waals surface area contributed by atoms with E-state index in [0.717, 1.165) is 5.92 Å². The van der Waals surface area contributed by atoms with Crippen molar-refractivity contribution in [2.24, 2.45) is 5.73 Å². The van der Waals surface area contributed by atoms with Gasteiger partial charge in [0.05, 0.1) is 5.01 Å². The Kier molecular flexibility index (Phi) is 3.19. The molecule has 78 valence electrons. The maximum Gasteiger partial charge on any atom is 0.0959 e. The van der Waals surface area contributed by atoms with Gasteiger partial charge in [-0.25, -0.2) is 4.98 Å². The van der Waals surface area contributed by atoms with Crippen LogP contribution < -0.4 is 5.73 Å². The van der Waals surface area contributed by atoms with Crippen LogP contribution in [0.15, 0.2) is 6.20 Å². The maximum atomic E-state index is 5.83. The zero-order valence-corrected chi connectivity index (χ0v) is 9.52. The van der Waals surface area contributed by atoms with Gasteiger partial charge in [0.25, 0.3) is 0 Å². The van der Waals surface area contributed by atoms with Gasteiger partial charge in [-0.3, -0.25) is 0 Å². The smallest absolute Gasteiger partial charge is 0.0959 e. The number of aromatic nitrogens is 1. The van der Waals surface area contributed by atoms with E-state index in [9.17, 15) is 0 Å². The number of hydrogen-bond donors (Lipinski definition) is 1. The van der Waals surface area contributed by atoms with E-state index in [0.29, 0.717) is 0 Å². The molecule has 3 heteroatoms. The highest BCUT2D eigenvalue weighted by Gasteiger charge is 2.19. The van der Waals surface area contributed by atoms with E-state index in [2.05, 4.69) is 4.98 Å². The predicted molar refractivity (Wildman–Crippen MR) is 60.5 cm³/mol. The second-order valence-corrected chi connectivity index (χ2v) is 5.32. The van der Waals surface area contributed by atoms with Crippen LogP contribution in [-0.2, 0) is 0 Å². The lowest BCUT2D eigenvalue weighted by atomic mass is 9.90. The monoisotopic (exact) mass is 210 g/mol. The fourth-order valence-electron chi connectivity index (χ4n) is 2.05. The van der Waals surface area contributed by atoms with E-state index in [1.54, 1.807) is 0 Å². The standard InChI is InChI=1S/C11H18N2S/c1-8(12)10-7-13-11(14-10)9-5-3-2-4-6-9/h7-9H,2-6,12H2,1H3. The molecular weight excluding hydrogens is 192 g/mol. The number of nitrogens with zero attached hydrogens (tertiary/aromatic N) is 1. The van der Waals surface area contributed by atoms with Gasteiger partial charge >= 0.3 is 0 Å². The van der Waals surface area contributed by atoms with Gasteiger partial charge in [0.1, 0.15) is 0 Å². The third-order valence-corrected chi connectivity index (χ3v) is 4.31. The van der Waals surface area contributed by atoms with Crippen LogP contribution in [0, 0.1) is 0 Å². The largest absolute Gasteiger partial charge is 0.323 e. The SMILES string of the molecule is CC(N)c1cnc(C2CCCCC2)s1. The fourth-order valence-corrected chi connectivity index (χ4v) is 3.09. The molecule has 0 bridgehead atoms. The Morgan fingerprint density at radius 2 is 2.14 bits per heavy atom. The first-order valence-electron chi connectivity index (χ1n) is 5.48. The van der Waals surface area contributed by atoms with Gasteiger partial charge in [-0.15, -0.1) is 11.3 Å². The summed E-state index contributed by atoms with van der Waals surface area (Å²) >= 11 is 1.81. The molecule has 0 aromatic carbocycles. The molecular formula is C11H18N2S. The van der Waals surface area contributed by atoms with Gasteiger partial charge in [-0.05, 0) is 19.8 Å². The zero-order chi connectivity index (χ0) is 9.97. The average Bonchev–Trinajstić information content (AvgIpc) is 2.68. The van der Waals surface area contributed by atoms with E-state index >= 15 is 0 Å². The van der Waals surface area contributed by atoms with Crippen molar-refractivity contribution in [3.8, 4) is 0 Å². The number of hydrogen-bond acceptors (Lipinski definition) is 3. The van der Waals surface area contributed by atoms with Crippen molar-refractivity contribution in [1.82, 2.24) is 4.98 Å². The molecule has 2 rings (SSSR count). The first kappa shape index (κ1) is 10.1. The Morgan fingerprint density at radius 1 is 1.43 bits per heavy atom. The highest BCUT2D eigenvalue weighted by atomic mass is 32.1. The van der Waals surface area contributed by atoms with E-state index in [-0.39, 0.29) is 6.04 Å². The lowest BCUT2D eigenvalue weighted by Crippen LogP contribution is -2.03. The molecule has 0 radical (unpaired) electrons. The van der Waals surface area contributed by atoms with Gasteiger partial charge in [0.15, 0.2) is 0 Å². The summed E-state index contributed by atoms with van der Waals surface area (Å²) in [5.41, 5.74) is 5.83. The normalized spacial score (nSPS) is 21.0. The number of rotatable bonds is 2. The van der Waals surface area contributed by atoms with E-state index in [1.165, 1.54) is 42.0 Å². The van der Waals surface area contributed by atoms with Crippen molar-refractivity contribution in [1.29, 1.82) is 0 Å². The average molecular weight is 210 g/mol. The van der Waals surface area contributed by atoms with Crippen LogP contribution in [0.3, 0.4) is 0 Å². The third-order valence-electron chi connectivity index (χ3n) is 2.94. The Balaban J connectivity index is 2.07. The van der Waals surface area contributed by atoms with Crippen molar-refractivity contribution < 1.29 is 0 Å². The maximum absolute atomic E-state index is 5.83. The summed E-state index contributed by atoms with van der Waals surface area (Å²) in [6.07, 6.45) is 8.76. The lowest BCUT2D eigenvalue weighted by Gasteiger charge is -2.18. The summed E-state index contributed by atoms with van der Waals surface area (Å²) < 4.78 is 0. The summed E-state index contributed by atoms with van der Waals surface area (Å²) in [5.74, 6) is 0.723. The molecule has 1 unspecified atom stereocenters. The minimum absolute atomic E-state index is 0.143. The second-order valence-electron chi connectivity index (χ2n) is 4.22. The summed E-state index contributed by atoms with van der Waals surface area (Å²) in [4.78, 5) is 5.73. The van der Waals surface area contributed by atoms with Crippen LogP contribution in [0.5, 0.6) is 0 Å².